The summed E-state index contributed by atoms with van der Waals surface area (Å²) in [5.74, 6) is 2.43. The number of carbonyl (C=O) groups excluding carboxylic acids is 1. The van der Waals surface area contributed by atoms with Gasteiger partial charge in [-0.1, -0.05) is 13.3 Å². The molecule has 0 bridgehead atoms. The molecule has 1 aliphatic heterocycles. The molecule has 1 saturated carbocycles. The summed E-state index contributed by atoms with van der Waals surface area (Å²) in [5, 5.41) is 0. The molecule has 0 aromatic rings. The number of carbonyl (C=O) groups is 1. The maximum Gasteiger partial charge on any atom is 0.410 e. The molecular weight excluding hydrogens is 226 g/mol. The standard InChI is InChI=1S/C15H27NO2/c1-11-5-6-13-10-16(8-7-12(13)9-11)14(17)18-15(2,3)4/h11-13H,5-10H2,1-4H3/t11-,12+,13-/m1/s1. The van der Waals surface area contributed by atoms with E-state index in [1.54, 1.807) is 0 Å². The van der Waals surface area contributed by atoms with Gasteiger partial charge in [-0.05, 0) is 57.8 Å². The second-order valence-corrected chi connectivity index (χ2v) is 7.15. The molecule has 1 heterocycles. The van der Waals surface area contributed by atoms with Crippen molar-refractivity contribution in [3.63, 3.8) is 0 Å². The van der Waals surface area contributed by atoms with Gasteiger partial charge in [-0.3, -0.25) is 0 Å². The molecule has 0 aromatic heterocycles. The van der Waals surface area contributed by atoms with Crippen molar-refractivity contribution >= 4 is 6.09 Å². The fourth-order valence-electron chi connectivity index (χ4n) is 3.34. The molecule has 3 atom stereocenters. The van der Waals surface area contributed by atoms with Crippen molar-refractivity contribution in [2.24, 2.45) is 17.8 Å². The average molecular weight is 253 g/mol. The Morgan fingerprint density at radius 3 is 2.56 bits per heavy atom. The van der Waals surface area contributed by atoms with Gasteiger partial charge in [0.25, 0.3) is 0 Å². The van der Waals surface area contributed by atoms with E-state index in [-0.39, 0.29) is 11.7 Å². The highest BCUT2D eigenvalue weighted by Gasteiger charge is 2.36. The van der Waals surface area contributed by atoms with Crippen LogP contribution >= 0.6 is 0 Å². The maximum atomic E-state index is 12.1. The lowest BCUT2D eigenvalue weighted by Gasteiger charge is -2.43. The van der Waals surface area contributed by atoms with Crippen LogP contribution in [0.1, 0.15) is 53.4 Å². The molecule has 0 radical (unpaired) electrons. The second-order valence-electron chi connectivity index (χ2n) is 7.15. The van der Waals surface area contributed by atoms with Crippen molar-refractivity contribution in [2.45, 2.75) is 59.0 Å². The molecule has 2 rings (SSSR count). The molecule has 3 nitrogen and oxygen atoms in total. The Bertz CT molecular complexity index is 308. The van der Waals surface area contributed by atoms with Crippen molar-refractivity contribution in [3.8, 4) is 0 Å². The summed E-state index contributed by atoms with van der Waals surface area (Å²) in [4.78, 5) is 14.0. The predicted molar refractivity (Wildman–Crippen MR) is 72.4 cm³/mol. The van der Waals surface area contributed by atoms with Crippen LogP contribution in [0.4, 0.5) is 4.79 Å². The summed E-state index contributed by atoms with van der Waals surface area (Å²) in [5.41, 5.74) is -0.380. The maximum absolute atomic E-state index is 12.1. The van der Waals surface area contributed by atoms with Crippen molar-refractivity contribution in [2.75, 3.05) is 13.1 Å². The average Bonchev–Trinajstić information content (AvgIpc) is 2.26. The lowest BCUT2D eigenvalue weighted by atomic mass is 9.71. The van der Waals surface area contributed by atoms with Crippen molar-refractivity contribution in [1.29, 1.82) is 0 Å². The normalized spacial score (nSPS) is 32.9. The molecule has 1 amide bonds. The van der Waals surface area contributed by atoms with Crippen molar-refractivity contribution in [3.05, 3.63) is 0 Å². The van der Waals surface area contributed by atoms with Gasteiger partial charge in [0.15, 0.2) is 0 Å². The molecule has 0 N–H and O–H groups in total. The van der Waals surface area contributed by atoms with Gasteiger partial charge in [0.1, 0.15) is 5.60 Å². The molecule has 2 fully saturated rings. The summed E-state index contributed by atoms with van der Waals surface area (Å²) in [6.07, 6.45) is 5.00. The minimum absolute atomic E-state index is 0.125. The van der Waals surface area contributed by atoms with Gasteiger partial charge in [-0.25, -0.2) is 4.79 Å². The van der Waals surface area contributed by atoms with Crippen LogP contribution in [-0.2, 0) is 4.74 Å². The number of amides is 1. The summed E-state index contributed by atoms with van der Waals surface area (Å²) < 4.78 is 5.47. The molecule has 2 aliphatic rings. The van der Waals surface area contributed by atoms with E-state index >= 15 is 0 Å². The van der Waals surface area contributed by atoms with Crippen LogP contribution < -0.4 is 0 Å². The molecule has 104 valence electrons. The Morgan fingerprint density at radius 2 is 1.89 bits per heavy atom. The zero-order chi connectivity index (χ0) is 13.3. The highest BCUT2D eigenvalue weighted by Crippen LogP contribution is 2.39. The second kappa shape index (κ2) is 5.10. The number of piperidine rings is 1. The number of nitrogens with zero attached hydrogens (tertiary/aromatic N) is 1. The van der Waals surface area contributed by atoms with Crippen LogP contribution in [0.3, 0.4) is 0 Å². The van der Waals surface area contributed by atoms with E-state index < -0.39 is 0 Å². The third kappa shape index (κ3) is 3.39. The third-order valence-corrected chi connectivity index (χ3v) is 4.28. The van der Waals surface area contributed by atoms with E-state index in [1.807, 2.05) is 25.7 Å². The highest BCUT2D eigenvalue weighted by molar-refractivity contribution is 5.68. The van der Waals surface area contributed by atoms with E-state index in [0.29, 0.717) is 5.92 Å². The molecule has 0 spiro atoms. The first-order chi connectivity index (χ1) is 8.35. The Kier molecular flexibility index (Phi) is 3.88. The van der Waals surface area contributed by atoms with Gasteiger partial charge in [0, 0.05) is 13.1 Å². The Balaban J connectivity index is 1.89. The molecule has 0 unspecified atom stereocenters. The smallest absolute Gasteiger partial charge is 0.410 e. The Hall–Kier alpha value is -0.730. The molecule has 3 heteroatoms. The number of hydrogen-bond acceptors (Lipinski definition) is 2. The molecule has 0 aromatic carbocycles. The minimum atomic E-state index is -0.380. The summed E-state index contributed by atoms with van der Waals surface area (Å²) in [6, 6.07) is 0. The van der Waals surface area contributed by atoms with Crippen LogP contribution in [0.25, 0.3) is 0 Å². The quantitative estimate of drug-likeness (QED) is 0.659. The number of ether oxygens (including phenoxy) is 1. The number of rotatable bonds is 0. The molecule has 1 aliphatic carbocycles. The van der Waals surface area contributed by atoms with Gasteiger partial charge in [0.2, 0.25) is 0 Å². The predicted octanol–water partition coefficient (Wildman–Crippen LogP) is 3.68. The van der Waals surface area contributed by atoms with Gasteiger partial charge in [-0.2, -0.15) is 0 Å². The molecule has 18 heavy (non-hydrogen) atoms. The van der Waals surface area contributed by atoms with Crippen LogP contribution in [0.15, 0.2) is 0 Å². The first-order valence-electron chi connectivity index (χ1n) is 7.33. The minimum Gasteiger partial charge on any atom is -0.444 e. The van der Waals surface area contributed by atoms with E-state index in [2.05, 4.69) is 6.92 Å². The third-order valence-electron chi connectivity index (χ3n) is 4.28. The zero-order valence-corrected chi connectivity index (χ0v) is 12.2. The Morgan fingerprint density at radius 1 is 1.17 bits per heavy atom. The lowest BCUT2D eigenvalue weighted by Crippen LogP contribution is -2.47. The molecule has 1 saturated heterocycles. The Labute approximate surface area is 111 Å². The van der Waals surface area contributed by atoms with Crippen LogP contribution in [-0.4, -0.2) is 29.7 Å². The van der Waals surface area contributed by atoms with Gasteiger partial charge in [-0.15, -0.1) is 0 Å². The van der Waals surface area contributed by atoms with Crippen LogP contribution in [0, 0.1) is 17.8 Å². The van der Waals surface area contributed by atoms with Gasteiger partial charge < -0.3 is 9.64 Å². The SMILES string of the molecule is C[C@@H]1CC[C@@H]2CN(C(=O)OC(C)(C)C)CC[C@H]2C1. The number of hydrogen-bond donors (Lipinski definition) is 0. The van der Waals surface area contributed by atoms with Gasteiger partial charge in [0.05, 0.1) is 0 Å². The van der Waals surface area contributed by atoms with Gasteiger partial charge >= 0.3 is 6.09 Å². The van der Waals surface area contributed by atoms with E-state index in [1.165, 1.54) is 19.3 Å². The fourth-order valence-corrected chi connectivity index (χ4v) is 3.34. The number of likely N-dealkylation sites (tertiary alicyclic amines) is 1. The first kappa shape index (κ1) is 13.7. The highest BCUT2D eigenvalue weighted by atomic mass is 16.6. The zero-order valence-electron chi connectivity index (χ0n) is 12.2. The van der Waals surface area contributed by atoms with Crippen LogP contribution in [0.2, 0.25) is 0 Å². The van der Waals surface area contributed by atoms with Crippen molar-refractivity contribution in [1.82, 2.24) is 4.90 Å². The van der Waals surface area contributed by atoms with E-state index in [4.69, 9.17) is 4.74 Å². The summed E-state index contributed by atoms with van der Waals surface area (Å²) >= 11 is 0. The fraction of sp³-hybridized carbons (Fsp3) is 0.933. The van der Waals surface area contributed by atoms with E-state index in [9.17, 15) is 4.79 Å². The largest absolute Gasteiger partial charge is 0.444 e. The summed E-state index contributed by atoms with van der Waals surface area (Å²) in [6.45, 7) is 9.94. The molecular formula is C15H27NO2. The number of fused-ring (bicyclic) bond motifs is 1. The van der Waals surface area contributed by atoms with Crippen LogP contribution in [0.5, 0.6) is 0 Å². The first-order valence-corrected chi connectivity index (χ1v) is 7.33. The van der Waals surface area contributed by atoms with E-state index in [0.717, 1.165) is 31.3 Å². The topological polar surface area (TPSA) is 29.5 Å². The summed E-state index contributed by atoms with van der Waals surface area (Å²) in [7, 11) is 0. The van der Waals surface area contributed by atoms with Crippen molar-refractivity contribution < 1.29 is 9.53 Å². The monoisotopic (exact) mass is 253 g/mol. The lowest BCUT2D eigenvalue weighted by molar-refractivity contribution is 0.00266.